The monoisotopic (exact) mass is 462 g/mol. The summed E-state index contributed by atoms with van der Waals surface area (Å²) in [4.78, 5) is 38.2. The first kappa shape index (κ1) is 22.7. The van der Waals surface area contributed by atoms with Crippen LogP contribution in [0, 0.1) is 19.7 Å². The highest BCUT2D eigenvalue weighted by Crippen LogP contribution is 2.36. The molecule has 0 spiro atoms. The lowest BCUT2D eigenvalue weighted by atomic mass is 10.1. The van der Waals surface area contributed by atoms with Gasteiger partial charge in [-0.15, -0.1) is 11.3 Å². The third kappa shape index (κ3) is 5.21. The van der Waals surface area contributed by atoms with Crippen molar-refractivity contribution in [2.45, 2.75) is 13.8 Å². The minimum atomic E-state index is -0.784. The Labute approximate surface area is 187 Å². The van der Waals surface area contributed by atoms with E-state index in [-0.39, 0.29) is 22.4 Å². The van der Waals surface area contributed by atoms with Crippen molar-refractivity contribution in [1.82, 2.24) is 4.90 Å². The van der Waals surface area contributed by atoms with E-state index in [4.69, 9.17) is 16.3 Å². The number of benzene rings is 2. The minimum Gasteiger partial charge on any atom is -0.451 e. The predicted molar refractivity (Wildman–Crippen MR) is 119 cm³/mol. The number of carbonyl (C=O) groups is 3. The molecular formula is C22H20ClFN2O4S. The number of halogens is 2. The van der Waals surface area contributed by atoms with E-state index in [1.165, 1.54) is 25.2 Å². The maximum atomic E-state index is 13.4. The van der Waals surface area contributed by atoms with E-state index in [1.54, 1.807) is 0 Å². The molecule has 0 saturated heterocycles. The van der Waals surface area contributed by atoms with Crippen molar-refractivity contribution in [3.8, 4) is 0 Å². The van der Waals surface area contributed by atoms with E-state index in [1.807, 2.05) is 32.0 Å². The lowest BCUT2D eigenvalue weighted by Crippen LogP contribution is -2.37. The Kier molecular flexibility index (Phi) is 6.92. The van der Waals surface area contributed by atoms with Crippen LogP contribution >= 0.6 is 22.9 Å². The number of thiophene rings is 1. The summed E-state index contributed by atoms with van der Waals surface area (Å²) in [7, 11) is 1.44. The molecule has 0 saturated carbocycles. The van der Waals surface area contributed by atoms with Crippen LogP contribution in [0.1, 0.15) is 20.8 Å². The number of esters is 1. The van der Waals surface area contributed by atoms with Crippen molar-refractivity contribution < 1.29 is 23.5 Å². The molecule has 9 heteroatoms. The zero-order valence-corrected chi connectivity index (χ0v) is 18.7. The average molecular weight is 463 g/mol. The van der Waals surface area contributed by atoms with Gasteiger partial charge in [0.1, 0.15) is 10.7 Å². The Bertz CT molecular complexity index is 1160. The second-order valence-electron chi connectivity index (χ2n) is 7.03. The highest BCUT2D eigenvalue weighted by molar-refractivity contribution is 7.21. The van der Waals surface area contributed by atoms with Gasteiger partial charge >= 0.3 is 5.97 Å². The summed E-state index contributed by atoms with van der Waals surface area (Å²) in [6, 6.07) is 9.65. The van der Waals surface area contributed by atoms with Crippen LogP contribution in [0.15, 0.2) is 36.4 Å². The standard InChI is InChI=1S/C22H20ClFN2O4S/c1-12-5-4-6-13(2)20(12)25-17(27)10-26(3)18(28)11-30-22(29)21-19(23)15-8-7-14(24)9-16(15)31-21/h4-9H,10-11H2,1-3H3,(H,25,27). The first-order valence-electron chi connectivity index (χ1n) is 9.32. The van der Waals surface area contributed by atoms with Gasteiger partial charge in [-0.1, -0.05) is 29.8 Å². The summed E-state index contributed by atoms with van der Waals surface area (Å²) in [6.07, 6.45) is 0. The lowest BCUT2D eigenvalue weighted by Gasteiger charge is -2.18. The maximum absolute atomic E-state index is 13.4. The normalized spacial score (nSPS) is 10.7. The summed E-state index contributed by atoms with van der Waals surface area (Å²) >= 11 is 7.18. The predicted octanol–water partition coefficient (Wildman–Crippen LogP) is 4.56. The van der Waals surface area contributed by atoms with Gasteiger partial charge in [0.25, 0.3) is 5.91 Å². The Balaban J connectivity index is 1.57. The van der Waals surface area contributed by atoms with Crippen molar-refractivity contribution in [3.05, 3.63) is 63.2 Å². The molecule has 0 radical (unpaired) electrons. The number of ether oxygens (including phenoxy) is 1. The molecule has 0 aliphatic carbocycles. The number of hydrogen-bond donors (Lipinski definition) is 1. The van der Waals surface area contributed by atoms with E-state index in [0.717, 1.165) is 27.4 Å². The average Bonchev–Trinajstić information content (AvgIpc) is 3.04. The van der Waals surface area contributed by atoms with Crippen LogP contribution in [0.4, 0.5) is 10.1 Å². The van der Waals surface area contributed by atoms with Crippen LogP contribution in [0.5, 0.6) is 0 Å². The SMILES string of the molecule is Cc1cccc(C)c1NC(=O)CN(C)C(=O)COC(=O)c1sc2cc(F)ccc2c1Cl. The summed E-state index contributed by atoms with van der Waals surface area (Å²) in [5.41, 5.74) is 2.53. The van der Waals surface area contributed by atoms with E-state index in [2.05, 4.69) is 5.32 Å². The van der Waals surface area contributed by atoms with Gasteiger partial charge in [0, 0.05) is 22.8 Å². The molecule has 1 aromatic heterocycles. The number of nitrogens with zero attached hydrogens (tertiary/aromatic N) is 1. The first-order valence-corrected chi connectivity index (χ1v) is 10.5. The second-order valence-corrected chi connectivity index (χ2v) is 8.46. The molecule has 162 valence electrons. The van der Waals surface area contributed by atoms with E-state index in [9.17, 15) is 18.8 Å². The Morgan fingerprint density at radius 3 is 2.52 bits per heavy atom. The number of nitrogens with one attached hydrogen (secondary N) is 1. The van der Waals surface area contributed by atoms with E-state index < -0.39 is 24.3 Å². The van der Waals surface area contributed by atoms with Crippen molar-refractivity contribution in [2.24, 2.45) is 0 Å². The molecular weight excluding hydrogens is 443 g/mol. The largest absolute Gasteiger partial charge is 0.451 e. The zero-order valence-electron chi connectivity index (χ0n) is 17.1. The quantitative estimate of drug-likeness (QED) is 0.545. The summed E-state index contributed by atoms with van der Waals surface area (Å²) < 4.78 is 18.9. The van der Waals surface area contributed by atoms with Crippen LogP contribution in [0.25, 0.3) is 10.1 Å². The van der Waals surface area contributed by atoms with Gasteiger partial charge in [-0.05, 0) is 43.2 Å². The molecule has 0 unspecified atom stereocenters. The molecule has 0 aliphatic rings. The molecule has 0 bridgehead atoms. The van der Waals surface area contributed by atoms with Gasteiger partial charge in [0.05, 0.1) is 11.6 Å². The fourth-order valence-corrected chi connectivity index (χ4v) is 4.39. The van der Waals surface area contributed by atoms with Gasteiger partial charge in [-0.25, -0.2) is 9.18 Å². The highest BCUT2D eigenvalue weighted by atomic mass is 35.5. The van der Waals surface area contributed by atoms with Gasteiger partial charge in [0.2, 0.25) is 5.91 Å². The van der Waals surface area contributed by atoms with Gasteiger partial charge < -0.3 is 15.0 Å². The third-order valence-corrected chi connectivity index (χ3v) is 6.29. The molecule has 1 heterocycles. The number of rotatable bonds is 6. The van der Waals surface area contributed by atoms with Gasteiger partial charge in [0.15, 0.2) is 6.61 Å². The minimum absolute atomic E-state index is 0.0884. The molecule has 31 heavy (non-hydrogen) atoms. The van der Waals surface area contributed by atoms with Gasteiger partial charge in [-0.2, -0.15) is 0 Å². The fraction of sp³-hybridized carbons (Fsp3) is 0.227. The Morgan fingerprint density at radius 1 is 1.16 bits per heavy atom. The summed E-state index contributed by atoms with van der Waals surface area (Å²) in [5, 5.41) is 3.48. The molecule has 0 fully saturated rings. The van der Waals surface area contributed by atoms with Crippen molar-refractivity contribution in [3.63, 3.8) is 0 Å². The number of carbonyl (C=O) groups excluding carboxylic acids is 3. The number of anilines is 1. The molecule has 1 N–H and O–H groups in total. The van der Waals surface area contributed by atoms with Crippen molar-refractivity contribution >= 4 is 56.5 Å². The maximum Gasteiger partial charge on any atom is 0.350 e. The van der Waals surface area contributed by atoms with E-state index in [0.29, 0.717) is 15.8 Å². The summed E-state index contributed by atoms with van der Waals surface area (Å²) in [5.74, 6) is -2.14. The first-order chi connectivity index (χ1) is 14.7. The van der Waals surface area contributed by atoms with Crippen LogP contribution in [-0.2, 0) is 14.3 Å². The molecule has 3 aromatic rings. The second kappa shape index (κ2) is 9.45. The fourth-order valence-electron chi connectivity index (χ4n) is 2.97. The molecule has 0 atom stereocenters. The number of likely N-dealkylation sites (N-methyl/N-ethyl adjacent to an activating group) is 1. The van der Waals surface area contributed by atoms with Crippen LogP contribution in [0.2, 0.25) is 5.02 Å². The third-order valence-electron chi connectivity index (χ3n) is 4.66. The lowest BCUT2D eigenvalue weighted by molar-refractivity contribution is -0.136. The number of aryl methyl sites for hydroxylation is 2. The van der Waals surface area contributed by atoms with Crippen molar-refractivity contribution in [2.75, 3.05) is 25.5 Å². The number of hydrogen-bond acceptors (Lipinski definition) is 5. The molecule has 2 amide bonds. The Morgan fingerprint density at radius 2 is 1.84 bits per heavy atom. The number of amides is 2. The van der Waals surface area contributed by atoms with Crippen molar-refractivity contribution in [1.29, 1.82) is 0 Å². The zero-order chi connectivity index (χ0) is 22.7. The molecule has 2 aromatic carbocycles. The van der Waals surface area contributed by atoms with Crippen LogP contribution in [0.3, 0.4) is 0 Å². The molecule has 0 aliphatic heterocycles. The molecule has 6 nitrogen and oxygen atoms in total. The smallest absolute Gasteiger partial charge is 0.350 e. The van der Waals surface area contributed by atoms with Gasteiger partial charge in [-0.3, -0.25) is 9.59 Å². The van der Waals surface area contributed by atoms with Crippen LogP contribution in [-0.4, -0.2) is 42.9 Å². The topological polar surface area (TPSA) is 75.7 Å². The Hall–Kier alpha value is -2.97. The molecule has 3 rings (SSSR count). The van der Waals surface area contributed by atoms with Crippen LogP contribution < -0.4 is 5.32 Å². The van der Waals surface area contributed by atoms with E-state index >= 15 is 0 Å². The summed E-state index contributed by atoms with van der Waals surface area (Å²) in [6.45, 7) is 3.01. The number of para-hydroxylation sites is 1. The number of fused-ring (bicyclic) bond motifs is 1. The highest BCUT2D eigenvalue weighted by Gasteiger charge is 2.21.